The van der Waals surface area contributed by atoms with Crippen molar-refractivity contribution < 1.29 is 14.3 Å². The number of nitrogens with one attached hydrogen (secondary N) is 3. The van der Waals surface area contributed by atoms with Crippen molar-refractivity contribution in [2.75, 3.05) is 27.3 Å². The standard InChI is InChI=1S/C16H34N4O3/c1-8-9-13(20-15(21)23-16(3,4)5)10-18-14(17-6)19-12(2)11-22-7/h12-13H,8-11H2,1-7H3,(H,20,21)(H2,17,18,19). The van der Waals surface area contributed by atoms with Crippen LogP contribution in [0, 0.1) is 0 Å². The second-order valence-electron chi connectivity index (χ2n) is 6.59. The number of hydrogen-bond acceptors (Lipinski definition) is 4. The first-order valence-electron chi connectivity index (χ1n) is 8.17. The minimum absolute atomic E-state index is 0.0221. The zero-order valence-corrected chi connectivity index (χ0v) is 15.7. The molecule has 7 nitrogen and oxygen atoms in total. The molecule has 0 aromatic heterocycles. The molecule has 0 fully saturated rings. The molecule has 136 valence electrons. The van der Waals surface area contributed by atoms with Gasteiger partial charge in [-0.05, 0) is 34.1 Å². The van der Waals surface area contributed by atoms with E-state index in [1.807, 2.05) is 27.7 Å². The third-order valence-electron chi connectivity index (χ3n) is 2.90. The molecule has 23 heavy (non-hydrogen) atoms. The van der Waals surface area contributed by atoms with Gasteiger partial charge in [-0.15, -0.1) is 0 Å². The molecule has 0 aromatic carbocycles. The highest BCUT2D eigenvalue weighted by Gasteiger charge is 2.19. The van der Waals surface area contributed by atoms with Crippen molar-refractivity contribution in [3.63, 3.8) is 0 Å². The van der Waals surface area contributed by atoms with Gasteiger partial charge in [0.05, 0.1) is 6.61 Å². The van der Waals surface area contributed by atoms with E-state index in [-0.39, 0.29) is 12.1 Å². The summed E-state index contributed by atoms with van der Waals surface area (Å²) >= 11 is 0. The zero-order chi connectivity index (χ0) is 17.9. The first-order valence-corrected chi connectivity index (χ1v) is 8.17. The Morgan fingerprint density at radius 3 is 2.39 bits per heavy atom. The summed E-state index contributed by atoms with van der Waals surface area (Å²) in [5.74, 6) is 0.682. The summed E-state index contributed by atoms with van der Waals surface area (Å²) in [7, 11) is 3.38. The molecule has 0 saturated heterocycles. The lowest BCUT2D eigenvalue weighted by Gasteiger charge is -2.25. The zero-order valence-electron chi connectivity index (χ0n) is 15.7. The van der Waals surface area contributed by atoms with Crippen molar-refractivity contribution in [2.45, 2.75) is 65.1 Å². The third-order valence-corrected chi connectivity index (χ3v) is 2.90. The maximum absolute atomic E-state index is 11.9. The molecule has 0 aromatic rings. The van der Waals surface area contributed by atoms with Crippen LogP contribution in [0.15, 0.2) is 4.99 Å². The minimum Gasteiger partial charge on any atom is -0.444 e. The van der Waals surface area contributed by atoms with Gasteiger partial charge in [0, 0.05) is 32.8 Å². The van der Waals surface area contributed by atoms with E-state index < -0.39 is 11.7 Å². The van der Waals surface area contributed by atoms with Gasteiger partial charge in [-0.1, -0.05) is 13.3 Å². The van der Waals surface area contributed by atoms with Crippen LogP contribution in [0.3, 0.4) is 0 Å². The molecular weight excluding hydrogens is 296 g/mol. The fraction of sp³-hybridized carbons (Fsp3) is 0.875. The third kappa shape index (κ3) is 11.7. The predicted molar refractivity (Wildman–Crippen MR) is 93.9 cm³/mol. The minimum atomic E-state index is -0.499. The molecule has 0 aliphatic rings. The topological polar surface area (TPSA) is 84.0 Å². The number of ether oxygens (including phenoxy) is 2. The number of carbonyl (C=O) groups excluding carboxylic acids is 1. The van der Waals surface area contributed by atoms with Gasteiger partial charge < -0.3 is 25.4 Å². The van der Waals surface area contributed by atoms with E-state index in [0.29, 0.717) is 19.1 Å². The van der Waals surface area contributed by atoms with Crippen LogP contribution in [0.2, 0.25) is 0 Å². The molecule has 0 spiro atoms. The summed E-state index contributed by atoms with van der Waals surface area (Å²) in [5.41, 5.74) is -0.499. The molecule has 0 rings (SSSR count). The summed E-state index contributed by atoms with van der Waals surface area (Å²) in [4.78, 5) is 16.1. The van der Waals surface area contributed by atoms with Gasteiger partial charge in [0.1, 0.15) is 5.60 Å². The van der Waals surface area contributed by atoms with Crippen LogP contribution in [0.5, 0.6) is 0 Å². The fourth-order valence-corrected chi connectivity index (χ4v) is 1.99. The van der Waals surface area contributed by atoms with E-state index >= 15 is 0 Å². The molecule has 0 bridgehead atoms. The highest BCUT2D eigenvalue weighted by molar-refractivity contribution is 5.80. The summed E-state index contributed by atoms with van der Waals surface area (Å²) in [5, 5.41) is 9.35. The molecule has 2 atom stereocenters. The number of nitrogens with zero attached hydrogens (tertiary/aromatic N) is 1. The monoisotopic (exact) mass is 330 g/mol. The van der Waals surface area contributed by atoms with Gasteiger partial charge in [0.15, 0.2) is 5.96 Å². The van der Waals surface area contributed by atoms with Gasteiger partial charge >= 0.3 is 6.09 Å². The Morgan fingerprint density at radius 1 is 1.26 bits per heavy atom. The van der Waals surface area contributed by atoms with Crippen LogP contribution in [-0.4, -0.2) is 57.0 Å². The summed E-state index contributed by atoms with van der Waals surface area (Å²) in [6.07, 6.45) is 1.43. The lowest BCUT2D eigenvalue weighted by molar-refractivity contribution is 0.0502. The smallest absolute Gasteiger partial charge is 0.407 e. The van der Waals surface area contributed by atoms with Gasteiger partial charge in [-0.25, -0.2) is 4.79 Å². The summed E-state index contributed by atoms with van der Waals surface area (Å²) in [6, 6.07) is 0.126. The molecule has 1 amide bonds. The Bertz CT molecular complexity index is 367. The average molecular weight is 330 g/mol. The van der Waals surface area contributed by atoms with E-state index in [4.69, 9.17) is 9.47 Å². The molecule has 2 unspecified atom stereocenters. The van der Waals surface area contributed by atoms with E-state index in [1.165, 1.54) is 0 Å². The highest BCUT2D eigenvalue weighted by Crippen LogP contribution is 2.07. The Balaban J connectivity index is 4.43. The quantitative estimate of drug-likeness (QED) is 0.467. The molecule has 3 N–H and O–H groups in total. The number of alkyl carbamates (subject to hydrolysis) is 1. The van der Waals surface area contributed by atoms with Crippen LogP contribution >= 0.6 is 0 Å². The van der Waals surface area contributed by atoms with E-state index in [2.05, 4.69) is 27.9 Å². The first kappa shape index (κ1) is 21.5. The maximum atomic E-state index is 11.9. The normalized spacial score (nSPS) is 14.8. The van der Waals surface area contributed by atoms with Crippen LogP contribution in [-0.2, 0) is 9.47 Å². The molecule has 7 heteroatoms. The number of carbonyl (C=O) groups is 1. The van der Waals surface area contributed by atoms with Crippen LogP contribution < -0.4 is 16.0 Å². The Hall–Kier alpha value is -1.50. The second-order valence-corrected chi connectivity index (χ2v) is 6.59. The number of amides is 1. The maximum Gasteiger partial charge on any atom is 0.407 e. The van der Waals surface area contributed by atoms with Crippen molar-refractivity contribution in [1.29, 1.82) is 0 Å². The predicted octanol–water partition coefficient (Wildman–Crippen LogP) is 1.88. The van der Waals surface area contributed by atoms with Crippen molar-refractivity contribution >= 4 is 12.1 Å². The number of hydrogen-bond donors (Lipinski definition) is 3. The second kappa shape index (κ2) is 11.1. The number of methoxy groups -OCH3 is 1. The lowest BCUT2D eigenvalue weighted by atomic mass is 10.1. The molecule has 0 heterocycles. The van der Waals surface area contributed by atoms with Crippen LogP contribution in [0.4, 0.5) is 4.79 Å². The fourth-order valence-electron chi connectivity index (χ4n) is 1.99. The Kier molecular flexibility index (Phi) is 10.4. The Labute approximate surface area is 140 Å². The number of rotatable bonds is 8. The molecule has 0 saturated carbocycles. The lowest BCUT2D eigenvalue weighted by Crippen LogP contribution is -2.50. The van der Waals surface area contributed by atoms with Crippen molar-refractivity contribution in [1.82, 2.24) is 16.0 Å². The first-order chi connectivity index (χ1) is 10.7. The van der Waals surface area contributed by atoms with Crippen LogP contribution in [0.1, 0.15) is 47.5 Å². The van der Waals surface area contributed by atoms with Gasteiger partial charge in [-0.3, -0.25) is 4.99 Å². The Morgan fingerprint density at radius 2 is 1.91 bits per heavy atom. The van der Waals surface area contributed by atoms with Crippen molar-refractivity contribution in [3.05, 3.63) is 0 Å². The SMILES string of the molecule is CCCC(CNC(=NC)NC(C)COC)NC(=O)OC(C)(C)C. The van der Waals surface area contributed by atoms with E-state index in [9.17, 15) is 4.79 Å². The van der Waals surface area contributed by atoms with Crippen LogP contribution in [0.25, 0.3) is 0 Å². The molecule has 0 radical (unpaired) electrons. The molecular formula is C16H34N4O3. The summed E-state index contributed by atoms with van der Waals surface area (Å²) in [6.45, 7) is 10.8. The average Bonchev–Trinajstić information content (AvgIpc) is 2.41. The van der Waals surface area contributed by atoms with Gasteiger partial charge in [0.2, 0.25) is 0 Å². The van der Waals surface area contributed by atoms with Crippen molar-refractivity contribution in [3.8, 4) is 0 Å². The van der Waals surface area contributed by atoms with E-state index in [1.54, 1.807) is 14.2 Å². The highest BCUT2D eigenvalue weighted by atomic mass is 16.6. The van der Waals surface area contributed by atoms with Gasteiger partial charge in [-0.2, -0.15) is 0 Å². The largest absolute Gasteiger partial charge is 0.444 e. The van der Waals surface area contributed by atoms with Gasteiger partial charge in [0.25, 0.3) is 0 Å². The molecule has 0 aliphatic carbocycles. The summed E-state index contributed by atoms with van der Waals surface area (Å²) < 4.78 is 10.4. The number of guanidine groups is 1. The van der Waals surface area contributed by atoms with Crippen molar-refractivity contribution in [2.24, 2.45) is 4.99 Å². The van der Waals surface area contributed by atoms with E-state index in [0.717, 1.165) is 12.8 Å². The molecule has 0 aliphatic heterocycles. The number of aliphatic imine (C=N–C) groups is 1.